The molecule has 0 fully saturated rings. The topological polar surface area (TPSA) is 98.9 Å². The zero-order valence-corrected chi connectivity index (χ0v) is 12.6. The number of carbonyl (C=O) groups is 2. The van der Waals surface area contributed by atoms with Crippen molar-refractivity contribution in [3.05, 3.63) is 12.7 Å². The summed E-state index contributed by atoms with van der Waals surface area (Å²) in [6.07, 6.45) is 0.123. The number of amides is 1. The Labute approximate surface area is 89.2 Å². The average Bonchev–Trinajstić information content (AvgIpc) is 2.06. The standard InChI is InChI=1S/C3H7NO2.C3H4O2.H6OSi2/c1-2-6-3(4)5;1-2-3(4)5;2-1-3/h2H2,1H3,(H2,4,5);2H,1H2,(H,4,5);2-3H3. The second-order valence-electron chi connectivity index (χ2n) is 1.70. The molecular weight excluding hydrogens is 222 g/mol. The summed E-state index contributed by atoms with van der Waals surface area (Å²) in [7, 11) is 1.86. The number of hydrogen-bond donors (Lipinski definition) is 2. The smallest absolute Gasteiger partial charge is 0.404 e. The molecule has 0 radical (unpaired) electrons. The lowest BCUT2D eigenvalue weighted by Gasteiger charge is -1.89. The van der Waals surface area contributed by atoms with Crippen LogP contribution in [0.2, 0.25) is 0 Å². The quantitative estimate of drug-likeness (QED) is 0.426. The molecule has 84 valence electrons. The van der Waals surface area contributed by atoms with Crippen LogP contribution in [0, 0.1) is 0 Å². The van der Waals surface area contributed by atoms with Crippen LogP contribution < -0.4 is 5.73 Å². The van der Waals surface area contributed by atoms with Crippen molar-refractivity contribution in [1.29, 1.82) is 0 Å². The first-order chi connectivity index (χ1) is 6.45. The fourth-order valence-electron chi connectivity index (χ4n) is 0.142. The number of carbonyl (C=O) groups excluding carboxylic acids is 1. The maximum Gasteiger partial charge on any atom is 0.404 e. The molecule has 0 rings (SSSR count). The number of carboxylic acids is 1. The molecule has 0 aromatic heterocycles. The number of carboxylic acid groups (broad SMARTS) is 1. The van der Waals surface area contributed by atoms with Gasteiger partial charge in [0.1, 0.15) is 21.0 Å². The number of rotatable bonds is 2. The molecule has 0 atom stereocenters. The summed E-state index contributed by atoms with van der Waals surface area (Å²) in [5.41, 5.74) is 4.54. The molecule has 3 N–H and O–H groups in total. The second-order valence-corrected chi connectivity index (χ2v) is 4.97. The second kappa shape index (κ2) is 17.8. The first-order valence-electron chi connectivity index (χ1n) is 3.63. The Morgan fingerprint density at radius 3 is 1.86 bits per heavy atom. The summed E-state index contributed by atoms with van der Waals surface area (Å²) in [5, 5.41) is 7.60. The Morgan fingerprint density at radius 2 is 1.86 bits per heavy atom. The molecule has 0 heterocycles. The van der Waals surface area contributed by atoms with Crippen LogP contribution in [0.3, 0.4) is 0 Å². The third-order valence-electron chi connectivity index (χ3n) is 0.461. The lowest BCUT2D eigenvalue weighted by Crippen LogP contribution is -2.11. The Hall–Kier alpha value is -1.13. The zero-order valence-electron chi connectivity index (χ0n) is 8.65. The molecule has 0 aromatic carbocycles. The van der Waals surface area contributed by atoms with E-state index < -0.39 is 12.1 Å². The van der Waals surface area contributed by atoms with Gasteiger partial charge in [-0.15, -0.1) is 0 Å². The predicted octanol–water partition coefficient (Wildman–Crippen LogP) is -2.08. The van der Waals surface area contributed by atoms with E-state index in [0.29, 0.717) is 6.61 Å². The van der Waals surface area contributed by atoms with E-state index in [9.17, 15) is 9.59 Å². The summed E-state index contributed by atoms with van der Waals surface area (Å²) >= 11 is 0. The van der Waals surface area contributed by atoms with Crippen molar-refractivity contribution in [2.45, 2.75) is 6.92 Å². The number of aliphatic carboxylic acids is 1. The molecule has 0 saturated heterocycles. The first kappa shape index (κ1) is 18.6. The molecule has 0 aliphatic heterocycles. The molecule has 6 nitrogen and oxygen atoms in total. The molecule has 0 aromatic rings. The van der Waals surface area contributed by atoms with Gasteiger partial charge in [0.15, 0.2) is 0 Å². The lowest BCUT2D eigenvalue weighted by molar-refractivity contribution is -0.131. The molecule has 0 bridgehead atoms. The Morgan fingerprint density at radius 1 is 1.57 bits per heavy atom. The van der Waals surface area contributed by atoms with Crippen molar-refractivity contribution in [2.75, 3.05) is 6.61 Å². The molecular formula is C6H17NO5Si2. The van der Waals surface area contributed by atoms with Crippen molar-refractivity contribution in [2.24, 2.45) is 5.73 Å². The lowest BCUT2D eigenvalue weighted by atomic mass is 10.7. The van der Waals surface area contributed by atoms with E-state index in [-0.39, 0.29) is 0 Å². The molecule has 1 amide bonds. The van der Waals surface area contributed by atoms with Crippen LogP contribution in [0.4, 0.5) is 4.79 Å². The van der Waals surface area contributed by atoms with Gasteiger partial charge in [0.25, 0.3) is 0 Å². The van der Waals surface area contributed by atoms with Gasteiger partial charge >= 0.3 is 12.1 Å². The van der Waals surface area contributed by atoms with E-state index in [1.165, 1.54) is 0 Å². The van der Waals surface area contributed by atoms with Gasteiger partial charge < -0.3 is 19.7 Å². The third kappa shape index (κ3) is 70.6. The summed E-state index contributed by atoms with van der Waals surface area (Å²) in [5.74, 6) is -0.981. The molecule has 0 unspecified atom stereocenters. The zero-order chi connectivity index (χ0) is 12.0. The maximum absolute atomic E-state index is 9.60. The number of nitrogens with two attached hydrogens (primary N) is 1. The fourth-order valence-corrected chi connectivity index (χ4v) is 0.142. The first-order valence-corrected chi connectivity index (χ1v) is 5.27. The third-order valence-corrected chi connectivity index (χ3v) is 0.461. The van der Waals surface area contributed by atoms with Crippen molar-refractivity contribution in [3.8, 4) is 0 Å². The van der Waals surface area contributed by atoms with Gasteiger partial charge in [-0.25, -0.2) is 9.59 Å². The molecule has 0 saturated carbocycles. The highest BCUT2D eigenvalue weighted by molar-refractivity contribution is 6.15. The van der Waals surface area contributed by atoms with Crippen molar-refractivity contribution < 1.29 is 23.5 Å². The molecule has 0 spiro atoms. The highest BCUT2D eigenvalue weighted by Crippen LogP contribution is 1.66. The minimum Gasteiger partial charge on any atom is -0.478 e. The predicted molar refractivity (Wildman–Crippen MR) is 60.0 cm³/mol. The van der Waals surface area contributed by atoms with Crippen molar-refractivity contribution in [3.63, 3.8) is 0 Å². The van der Waals surface area contributed by atoms with Crippen LogP contribution in [0.5, 0.6) is 0 Å². The Balaban J connectivity index is -0.000000138. The van der Waals surface area contributed by atoms with Gasteiger partial charge in [0.05, 0.1) is 6.61 Å². The van der Waals surface area contributed by atoms with E-state index in [4.69, 9.17) is 5.11 Å². The average molecular weight is 239 g/mol. The van der Waals surface area contributed by atoms with E-state index >= 15 is 0 Å². The van der Waals surface area contributed by atoms with Crippen LogP contribution in [0.25, 0.3) is 0 Å². The normalized spacial score (nSPS) is 7.21. The molecule has 0 aliphatic rings. The summed E-state index contributed by atoms with van der Waals surface area (Å²) in [6.45, 7) is 5.02. The van der Waals surface area contributed by atoms with Gasteiger partial charge in [-0.3, -0.25) is 0 Å². The van der Waals surface area contributed by atoms with E-state index in [1.54, 1.807) is 6.92 Å². The van der Waals surface area contributed by atoms with Gasteiger partial charge in [-0.05, 0) is 6.92 Å². The van der Waals surface area contributed by atoms with E-state index in [1.807, 2.05) is 0 Å². The van der Waals surface area contributed by atoms with Crippen LogP contribution in [-0.4, -0.2) is 44.7 Å². The van der Waals surface area contributed by atoms with Gasteiger partial charge in [0.2, 0.25) is 0 Å². The van der Waals surface area contributed by atoms with E-state index in [0.717, 1.165) is 27.0 Å². The number of primary amides is 1. The molecule has 14 heavy (non-hydrogen) atoms. The monoisotopic (exact) mass is 239 g/mol. The van der Waals surface area contributed by atoms with Crippen LogP contribution in [0.15, 0.2) is 12.7 Å². The SMILES string of the molecule is C=CC(=O)O.CCOC(N)=O.[SiH3]O[SiH3]. The summed E-state index contributed by atoms with van der Waals surface area (Å²) in [4.78, 5) is 18.8. The minimum atomic E-state index is -0.981. The summed E-state index contributed by atoms with van der Waals surface area (Å²) in [6, 6.07) is 0. The largest absolute Gasteiger partial charge is 0.478 e. The molecule has 8 heteroatoms. The number of ether oxygens (including phenoxy) is 1. The maximum atomic E-state index is 9.60. The van der Waals surface area contributed by atoms with Crippen molar-refractivity contribution >= 4 is 33.0 Å². The van der Waals surface area contributed by atoms with Crippen LogP contribution in [-0.2, 0) is 13.6 Å². The van der Waals surface area contributed by atoms with E-state index in [2.05, 4.69) is 21.2 Å². The Bertz CT molecular complexity index is 164. The van der Waals surface area contributed by atoms with Gasteiger partial charge in [-0.1, -0.05) is 6.58 Å². The number of hydrogen-bond acceptors (Lipinski definition) is 4. The van der Waals surface area contributed by atoms with Crippen molar-refractivity contribution in [1.82, 2.24) is 0 Å². The highest BCUT2D eigenvalue weighted by atomic mass is 28.3. The molecule has 0 aliphatic carbocycles. The fraction of sp³-hybridized carbons (Fsp3) is 0.333. The van der Waals surface area contributed by atoms with Crippen LogP contribution >= 0.6 is 0 Å². The summed E-state index contributed by atoms with van der Waals surface area (Å²) < 4.78 is 8.71. The minimum absolute atomic E-state index is 0.356. The highest BCUT2D eigenvalue weighted by Gasteiger charge is 1.82. The Kier molecular flexibility index (Phi) is 23.7. The van der Waals surface area contributed by atoms with Gasteiger partial charge in [0, 0.05) is 6.08 Å². The van der Waals surface area contributed by atoms with Crippen LogP contribution in [0.1, 0.15) is 6.92 Å². The van der Waals surface area contributed by atoms with Gasteiger partial charge in [-0.2, -0.15) is 0 Å².